The molecule has 0 saturated carbocycles. The van der Waals surface area contributed by atoms with E-state index in [4.69, 9.17) is 16.3 Å². The third-order valence-corrected chi connectivity index (χ3v) is 4.92. The molecule has 0 bridgehead atoms. The molecule has 0 spiro atoms. The molecule has 2 aromatic rings. The summed E-state index contributed by atoms with van der Waals surface area (Å²) in [5.41, 5.74) is 0.307. The molecule has 7 heteroatoms. The number of hydrogen-bond donors (Lipinski definition) is 1. The van der Waals surface area contributed by atoms with Gasteiger partial charge in [-0.05, 0) is 37.3 Å². The van der Waals surface area contributed by atoms with Gasteiger partial charge in [-0.2, -0.15) is 0 Å². The molecule has 2 aromatic carbocycles. The number of carbonyl (C=O) groups excluding carboxylic acids is 1. The van der Waals surface area contributed by atoms with Crippen LogP contribution in [-0.4, -0.2) is 25.8 Å². The smallest absolute Gasteiger partial charge is 0.242 e. The summed E-state index contributed by atoms with van der Waals surface area (Å²) in [5.74, 6) is 0.309. The van der Waals surface area contributed by atoms with Gasteiger partial charge >= 0.3 is 0 Å². The van der Waals surface area contributed by atoms with Crippen LogP contribution in [0, 0.1) is 0 Å². The van der Waals surface area contributed by atoms with Gasteiger partial charge in [0.05, 0.1) is 5.69 Å². The molecule has 1 N–H and O–H groups in total. The van der Waals surface area contributed by atoms with Crippen molar-refractivity contribution in [1.29, 1.82) is 0 Å². The fourth-order valence-electron chi connectivity index (χ4n) is 1.73. The number of para-hydroxylation sites is 1. The summed E-state index contributed by atoms with van der Waals surface area (Å²) >= 11 is 5.95. The lowest BCUT2D eigenvalue weighted by Gasteiger charge is -2.15. The fourth-order valence-corrected chi connectivity index (χ4v) is 2.35. The molecule has 1 atom stereocenters. The molecule has 0 heterocycles. The zero-order valence-electron chi connectivity index (χ0n) is 12.6. The van der Waals surface area contributed by atoms with Crippen LogP contribution in [0.4, 0.5) is 5.69 Å². The first kappa shape index (κ1) is 17.3. The largest absolute Gasteiger partial charge is 0.455 e. The maximum atomic E-state index is 12.1. The van der Waals surface area contributed by atoms with Crippen molar-refractivity contribution < 1.29 is 17.9 Å². The van der Waals surface area contributed by atoms with Gasteiger partial charge in [0.1, 0.15) is 11.0 Å². The van der Waals surface area contributed by atoms with Crippen LogP contribution in [0.5, 0.6) is 11.5 Å². The Labute approximate surface area is 140 Å². The minimum atomic E-state index is -3.49. The molecule has 0 fully saturated rings. The van der Waals surface area contributed by atoms with Crippen LogP contribution in [0.1, 0.15) is 6.92 Å². The van der Waals surface area contributed by atoms with Crippen molar-refractivity contribution in [2.45, 2.75) is 12.2 Å². The fraction of sp³-hybridized carbons (Fsp3) is 0.188. The molecule has 23 heavy (non-hydrogen) atoms. The quantitative estimate of drug-likeness (QED) is 0.892. The van der Waals surface area contributed by atoms with Gasteiger partial charge in [0.15, 0.2) is 15.6 Å². The van der Waals surface area contributed by atoms with Gasteiger partial charge in [-0.25, -0.2) is 8.42 Å². The van der Waals surface area contributed by atoms with Crippen molar-refractivity contribution in [2.24, 2.45) is 0 Å². The highest BCUT2D eigenvalue weighted by atomic mass is 35.5. The first-order chi connectivity index (χ1) is 10.8. The van der Waals surface area contributed by atoms with Crippen LogP contribution in [0.25, 0.3) is 0 Å². The summed E-state index contributed by atoms with van der Waals surface area (Å²) in [7, 11) is -3.49. The molecule has 2 rings (SSSR count). The zero-order valence-corrected chi connectivity index (χ0v) is 14.2. The number of ether oxygens (including phenoxy) is 1. The summed E-state index contributed by atoms with van der Waals surface area (Å²) in [5, 5.41) is 1.77. The average molecular weight is 354 g/mol. The number of amides is 1. The summed E-state index contributed by atoms with van der Waals surface area (Å²) in [6, 6.07) is 13.7. The zero-order chi connectivity index (χ0) is 17.0. The molecule has 0 aliphatic heterocycles. The van der Waals surface area contributed by atoms with Crippen LogP contribution < -0.4 is 10.1 Å². The number of halogens is 1. The Morgan fingerprint density at radius 2 is 1.83 bits per heavy atom. The second kappa shape index (κ2) is 7.02. The number of carbonyl (C=O) groups is 1. The third-order valence-electron chi connectivity index (χ3n) is 3.18. The Hall–Kier alpha value is -2.05. The molecule has 122 valence electrons. The van der Waals surface area contributed by atoms with Crippen molar-refractivity contribution in [3.05, 3.63) is 53.6 Å². The van der Waals surface area contributed by atoms with Crippen molar-refractivity contribution in [3.63, 3.8) is 0 Å². The van der Waals surface area contributed by atoms with E-state index in [1.54, 1.807) is 24.3 Å². The normalized spacial score (nSPS) is 12.5. The predicted octanol–water partition coefficient (Wildman–Crippen LogP) is 3.50. The van der Waals surface area contributed by atoms with E-state index in [0.29, 0.717) is 22.2 Å². The maximum Gasteiger partial charge on any atom is 0.242 e. The van der Waals surface area contributed by atoms with Crippen molar-refractivity contribution in [2.75, 3.05) is 11.6 Å². The van der Waals surface area contributed by atoms with Crippen molar-refractivity contribution in [3.8, 4) is 11.5 Å². The second-order valence-corrected chi connectivity index (χ2v) is 7.82. The van der Waals surface area contributed by atoms with E-state index in [9.17, 15) is 13.2 Å². The molecular formula is C16H16ClNO4S. The SMILES string of the molecule is CC(C(=O)Nc1cc(Cl)ccc1Oc1ccccc1)S(C)(=O)=O. The van der Waals surface area contributed by atoms with Crippen LogP contribution >= 0.6 is 11.6 Å². The monoisotopic (exact) mass is 353 g/mol. The average Bonchev–Trinajstić information content (AvgIpc) is 2.49. The van der Waals surface area contributed by atoms with Gasteiger partial charge in [-0.1, -0.05) is 29.8 Å². The molecule has 1 amide bonds. The standard InChI is InChI=1S/C16H16ClNO4S/c1-11(23(2,20)21)16(19)18-14-10-12(17)8-9-15(14)22-13-6-4-3-5-7-13/h3-11H,1-2H3,(H,18,19). The number of rotatable bonds is 5. The van der Waals surface area contributed by atoms with E-state index >= 15 is 0 Å². The maximum absolute atomic E-state index is 12.1. The molecule has 0 aliphatic carbocycles. The minimum absolute atomic E-state index is 0.307. The third kappa shape index (κ3) is 4.71. The molecule has 0 aromatic heterocycles. The highest BCUT2D eigenvalue weighted by molar-refractivity contribution is 7.92. The van der Waals surface area contributed by atoms with Crippen LogP contribution in [-0.2, 0) is 14.6 Å². The lowest BCUT2D eigenvalue weighted by molar-refractivity contribution is -0.115. The van der Waals surface area contributed by atoms with Gasteiger partial charge in [-0.15, -0.1) is 0 Å². The van der Waals surface area contributed by atoms with Crippen LogP contribution in [0.15, 0.2) is 48.5 Å². The highest BCUT2D eigenvalue weighted by Gasteiger charge is 2.24. The van der Waals surface area contributed by atoms with E-state index in [-0.39, 0.29) is 0 Å². The Kier molecular flexibility index (Phi) is 5.28. The Morgan fingerprint density at radius 1 is 1.17 bits per heavy atom. The lowest BCUT2D eigenvalue weighted by Crippen LogP contribution is -2.31. The van der Waals surface area contributed by atoms with Crippen molar-refractivity contribution >= 4 is 33.0 Å². The van der Waals surface area contributed by atoms with E-state index in [1.807, 2.05) is 18.2 Å². The Bertz CT molecular complexity index is 806. The van der Waals surface area contributed by atoms with E-state index in [1.165, 1.54) is 13.0 Å². The molecule has 5 nitrogen and oxygen atoms in total. The lowest BCUT2D eigenvalue weighted by atomic mass is 10.2. The van der Waals surface area contributed by atoms with Gasteiger partial charge in [-0.3, -0.25) is 4.79 Å². The second-order valence-electron chi connectivity index (χ2n) is 5.02. The number of benzene rings is 2. The first-order valence-corrected chi connectivity index (χ1v) is 9.13. The van der Waals surface area contributed by atoms with E-state index < -0.39 is 21.0 Å². The number of anilines is 1. The Morgan fingerprint density at radius 3 is 2.43 bits per heavy atom. The summed E-state index contributed by atoms with van der Waals surface area (Å²) < 4.78 is 28.7. The van der Waals surface area contributed by atoms with Crippen molar-refractivity contribution in [1.82, 2.24) is 0 Å². The topological polar surface area (TPSA) is 72.5 Å². The van der Waals surface area contributed by atoms with E-state index in [2.05, 4.69) is 5.32 Å². The summed E-state index contributed by atoms with van der Waals surface area (Å²) in [6.45, 7) is 1.33. The number of sulfone groups is 1. The first-order valence-electron chi connectivity index (χ1n) is 6.79. The van der Waals surface area contributed by atoms with Crippen LogP contribution in [0.3, 0.4) is 0 Å². The van der Waals surface area contributed by atoms with E-state index in [0.717, 1.165) is 6.26 Å². The van der Waals surface area contributed by atoms with Gasteiger partial charge in [0.25, 0.3) is 0 Å². The molecular weight excluding hydrogens is 338 g/mol. The molecule has 1 unspecified atom stereocenters. The van der Waals surface area contributed by atoms with Crippen LogP contribution in [0.2, 0.25) is 5.02 Å². The summed E-state index contributed by atoms with van der Waals surface area (Å²) in [6.07, 6.45) is 1.01. The number of hydrogen-bond acceptors (Lipinski definition) is 4. The minimum Gasteiger partial charge on any atom is -0.455 e. The summed E-state index contributed by atoms with van der Waals surface area (Å²) in [4.78, 5) is 12.1. The molecule has 0 radical (unpaired) electrons. The molecule has 0 saturated heterocycles. The van der Waals surface area contributed by atoms with Gasteiger partial charge in [0, 0.05) is 11.3 Å². The molecule has 0 aliphatic rings. The van der Waals surface area contributed by atoms with Gasteiger partial charge < -0.3 is 10.1 Å². The highest BCUT2D eigenvalue weighted by Crippen LogP contribution is 2.32. The predicted molar refractivity (Wildman–Crippen MR) is 90.9 cm³/mol. The Balaban J connectivity index is 2.27. The van der Waals surface area contributed by atoms with Gasteiger partial charge in [0.2, 0.25) is 5.91 Å². The number of nitrogens with one attached hydrogen (secondary N) is 1.